The second-order valence-corrected chi connectivity index (χ2v) is 8.45. The summed E-state index contributed by atoms with van der Waals surface area (Å²) < 4.78 is 12.5. The molecule has 4 rings (SSSR count). The SMILES string of the molecule is COc1ccccc1CNC(=O)c1c(OC)cc(=O)n2c1CCN(Cc1nccs1)CC2. The molecule has 1 aliphatic heterocycles. The standard InChI is InChI=1S/C23H26N4O4S/c1-30-18-6-4-3-5-16(18)14-25-23(29)22-17-7-9-26(15-20-24-8-12-32-20)10-11-27(17)21(28)13-19(22)31-2/h3-6,8,12-13H,7,9-11,14-15H2,1-2H3,(H,25,29). The minimum Gasteiger partial charge on any atom is -0.496 e. The number of benzene rings is 1. The van der Waals surface area contributed by atoms with Gasteiger partial charge in [-0.15, -0.1) is 11.3 Å². The fraction of sp³-hybridized carbons (Fsp3) is 0.348. The third-order valence-electron chi connectivity index (χ3n) is 5.61. The summed E-state index contributed by atoms with van der Waals surface area (Å²) in [5.74, 6) is 0.734. The van der Waals surface area contributed by atoms with Crippen LogP contribution >= 0.6 is 11.3 Å². The number of nitrogens with one attached hydrogen (secondary N) is 1. The lowest BCUT2D eigenvalue weighted by Gasteiger charge is -2.17. The van der Waals surface area contributed by atoms with Gasteiger partial charge in [0, 0.05) is 61.5 Å². The van der Waals surface area contributed by atoms with Crippen LogP contribution in [0.1, 0.15) is 26.6 Å². The number of hydrogen-bond acceptors (Lipinski definition) is 7. The van der Waals surface area contributed by atoms with Gasteiger partial charge in [0.05, 0.1) is 20.8 Å². The van der Waals surface area contributed by atoms with Crippen LogP contribution in [0.25, 0.3) is 0 Å². The van der Waals surface area contributed by atoms with Crippen LogP contribution in [0.3, 0.4) is 0 Å². The number of fused-ring (bicyclic) bond motifs is 1. The first-order valence-corrected chi connectivity index (χ1v) is 11.3. The van der Waals surface area contributed by atoms with Crippen molar-refractivity contribution >= 4 is 17.2 Å². The molecular formula is C23H26N4O4S. The zero-order valence-electron chi connectivity index (χ0n) is 18.2. The van der Waals surface area contributed by atoms with E-state index in [9.17, 15) is 9.59 Å². The molecule has 3 heterocycles. The van der Waals surface area contributed by atoms with Gasteiger partial charge in [-0.3, -0.25) is 14.5 Å². The van der Waals surface area contributed by atoms with Crippen LogP contribution in [0.15, 0.2) is 46.7 Å². The van der Waals surface area contributed by atoms with Gasteiger partial charge in [-0.05, 0) is 6.07 Å². The highest BCUT2D eigenvalue weighted by Crippen LogP contribution is 2.24. The molecule has 0 unspecified atom stereocenters. The monoisotopic (exact) mass is 454 g/mol. The average Bonchev–Trinajstić information content (AvgIpc) is 3.23. The van der Waals surface area contributed by atoms with Crippen LogP contribution in [-0.2, 0) is 26.1 Å². The van der Waals surface area contributed by atoms with Crippen molar-refractivity contribution in [1.82, 2.24) is 19.8 Å². The Bertz CT molecular complexity index is 1140. The van der Waals surface area contributed by atoms with Crippen molar-refractivity contribution in [3.8, 4) is 11.5 Å². The molecule has 1 aromatic carbocycles. The Hall–Kier alpha value is -3.17. The van der Waals surface area contributed by atoms with E-state index in [1.807, 2.05) is 29.6 Å². The quantitative estimate of drug-likeness (QED) is 0.590. The maximum atomic E-state index is 13.3. The lowest BCUT2D eigenvalue weighted by molar-refractivity contribution is 0.0945. The Kier molecular flexibility index (Phi) is 6.87. The summed E-state index contributed by atoms with van der Waals surface area (Å²) >= 11 is 1.62. The fourth-order valence-electron chi connectivity index (χ4n) is 3.99. The number of ether oxygens (including phenoxy) is 2. The molecule has 0 spiro atoms. The molecule has 8 nitrogen and oxygen atoms in total. The van der Waals surface area contributed by atoms with Gasteiger partial charge in [0.1, 0.15) is 22.1 Å². The number of carbonyl (C=O) groups is 1. The number of para-hydroxylation sites is 1. The first-order chi connectivity index (χ1) is 15.6. The molecule has 2 aromatic heterocycles. The molecule has 32 heavy (non-hydrogen) atoms. The number of nitrogens with zero attached hydrogens (tertiary/aromatic N) is 3. The minimum absolute atomic E-state index is 0.158. The molecule has 168 valence electrons. The van der Waals surface area contributed by atoms with Gasteiger partial charge in [0.25, 0.3) is 11.5 Å². The Morgan fingerprint density at radius 3 is 2.72 bits per heavy atom. The normalized spacial score (nSPS) is 13.8. The predicted molar refractivity (Wildman–Crippen MR) is 123 cm³/mol. The van der Waals surface area contributed by atoms with E-state index >= 15 is 0 Å². The van der Waals surface area contributed by atoms with E-state index in [1.165, 1.54) is 13.2 Å². The van der Waals surface area contributed by atoms with E-state index in [2.05, 4.69) is 15.2 Å². The predicted octanol–water partition coefficient (Wildman–Crippen LogP) is 2.31. The molecule has 0 aliphatic carbocycles. The first kappa shape index (κ1) is 22.0. The van der Waals surface area contributed by atoms with Crippen molar-refractivity contribution in [3.63, 3.8) is 0 Å². The lowest BCUT2D eigenvalue weighted by atomic mass is 10.1. The Balaban J connectivity index is 1.59. The molecule has 0 bridgehead atoms. The molecule has 0 fully saturated rings. The van der Waals surface area contributed by atoms with Crippen LogP contribution in [-0.4, -0.2) is 47.7 Å². The molecule has 0 radical (unpaired) electrons. The van der Waals surface area contributed by atoms with Gasteiger partial charge in [0.15, 0.2) is 0 Å². The Morgan fingerprint density at radius 2 is 1.97 bits per heavy atom. The van der Waals surface area contributed by atoms with Gasteiger partial charge in [-0.2, -0.15) is 0 Å². The first-order valence-electron chi connectivity index (χ1n) is 10.4. The molecule has 0 saturated carbocycles. The highest BCUT2D eigenvalue weighted by Gasteiger charge is 2.25. The molecule has 1 aliphatic rings. The highest BCUT2D eigenvalue weighted by molar-refractivity contribution is 7.09. The summed E-state index contributed by atoms with van der Waals surface area (Å²) in [6.07, 6.45) is 2.36. The van der Waals surface area contributed by atoms with Crippen LogP contribution in [0.4, 0.5) is 0 Å². The number of rotatable bonds is 7. The zero-order valence-corrected chi connectivity index (χ0v) is 19.0. The number of amides is 1. The van der Waals surface area contributed by atoms with Gasteiger partial charge >= 0.3 is 0 Å². The maximum Gasteiger partial charge on any atom is 0.257 e. The summed E-state index contributed by atoms with van der Waals surface area (Å²) in [5, 5.41) is 5.96. The molecule has 0 atom stereocenters. The molecule has 1 amide bonds. The maximum absolute atomic E-state index is 13.3. The highest BCUT2D eigenvalue weighted by atomic mass is 32.1. The third-order valence-corrected chi connectivity index (χ3v) is 6.37. The van der Waals surface area contributed by atoms with Gasteiger partial charge in [-0.1, -0.05) is 18.2 Å². The van der Waals surface area contributed by atoms with Crippen molar-refractivity contribution < 1.29 is 14.3 Å². The summed E-state index contributed by atoms with van der Waals surface area (Å²) in [6.45, 7) is 2.98. The number of thiazole rings is 1. The number of aromatic nitrogens is 2. The van der Waals surface area contributed by atoms with E-state index < -0.39 is 0 Å². The lowest BCUT2D eigenvalue weighted by Crippen LogP contribution is -2.31. The van der Waals surface area contributed by atoms with Crippen molar-refractivity contribution in [2.24, 2.45) is 0 Å². The average molecular weight is 455 g/mol. The minimum atomic E-state index is -0.273. The van der Waals surface area contributed by atoms with Gasteiger partial charge in [-0.25, -0.2) is 4.98 Å². The second kappa shape index (κ2) is 9.97. The van der Waals surface area contributed by atoms with E-state index in [4.69, 9.17) is 9.47 Å². The van der Waals surface area contributed by atoms with Crippen LogP contribution in [0.5, 0.6) is 11.5 Å². The smallest absolute Gasteiger partial charge is 0.257 e. The van der Waals surface area contributed by atoms with E-state index in [1.54, 1.807) is 29.2 Å². The Labute approximate surface area is 190 Å². The number of pyridine rings is 1. The molecule has 0 saturated heterocycles. The molecule has 1 N–H and O–H groups in total. The topological polar surface area (TPSA) is 85.7 Å². The summed E-state index contributed by atoms with van der Waals surface area (Å²) in [6, 6.07) is 8.94. The summed E-state index contributed by atoms with van der Waals surface area (Å²) in [5.41, 5.74) is 1.83. The number of hydrogen-bond donors (Lipinski definition) is 1. The largest absolute Gasteiger partial charge is 0.496 e. The van der Waals surface area contributed by atoms with Crippen molar-refractivity contribution in [2.75, 3.05) is 27.3 Å². The van der Waals surface area contributed by atoms with E-state index in [0.717, 1.165) is 23.7 Å². The van der Waals surface area contributed by atoms with Crippen LogP contribution in [0.2, 0.25) is 0 Å². The van der Waals surface area contributed by atoms with Crippen LogP contribution < -0.4 is 20.3 Å². The van der Waals surface area contributed by atoms with E-state index in [-0.39, 0.29) is 11.5 Å². The van der Waals surface area contributed by atoms with Crippen LogP contribution in [0, 0.1) is 0 Å². The van der Waals surface area contributed by atoms with Crippen molar-refractivity contribution in [1.29, 1.82) is 0 Å². The van der Waals surface area contributed by atoms with Crippen molar-refractivity contribution in [2.45, 2.75) is 26.1 Å². The summed E-state index contributed by atoms with van der Waals surface area (Å²) in [4.78, 5) is 32.6. The molecule has 3 aromatic rings. The number of carbonyl (C=O) groups excluding carboxylic acids is 1. The molecular weight excluding hydrogens is 428 g/mol. The third kappa shape index (κ3) is 4.68. The molecule has 9 heteroatoms. The second-order valence-electron chi connectivity index (χ2n) is 7.47. The van der Waals surface area contributed by atoms with Gasteiger partial charge in [0.2, 0.25) is 0 Å². The Morgan fingerprint density at radius 1 is 1.16 bits per heavy atom. The van der Waals surface area contributed by atoms with Gasteiger partial charge < -0.3 is 19.4 Å². The van der Waals surface area contributed by atoms with E-state index in [0.29, 0.717) is 48.8 Å². The zero-order chi connectivity index (χ0) is 22.5. The van der Waals surface area contributed by atoms with Crippen molar-refractivity contribution in [3.05, 3.63) is 74.1 Å². The fourth-order valence-corrected chi connectivity index (χ4v) is 4.65. The number of methoxy groups -OCH3 is 2. The summed E-state index contributed by atoms with van der Waals surface area (Å²) in [7, 11) is 3.08.